The molecular formula is C13H19F3N2O2. The SMILES string of the molecule is CCN(CC(O)COc1cccc(N)c1)CC(F)(F)F. The molecule has 0 saturated heterocycles. The maximum atomic E-state index is 12.3. The van der Waals surface area contributed by atoms with Crippen LogP contribution in [0, 0.1) is 0 Å². The predicted octanol–water partition coefficient (Wildman–Crippen LogP) is 1.89. The zero-order chi connectivity index (χ0) is 15.2. The van der Waals surface area contributed by atoms with E-state index >= 15 is 0 Å². The Labute approximate surface area is 115 Å². The zero-order valence-electron chi connectivity index (χ0n) is 11.2. The van der Waals surface area contributed by atoms with Crippen molar-refractivity contribution < 1.29 is 23.0 Å². The summed E-state index contributed by atoms with van der Waals surface area (Å²) in [5.74, 6) is 0.475. The number of likely N-dealkylation sites (N-methyl/N-ethyl adjacent to an activating group) is 1. The first-order chi connectivity index (χ1) is 9.30. The van der Waals surface area contributed by atoms with Crippen LogP contribution >= 0.6 is 0 Å². The predicted molar refractivity (Wildman–Crippen MR) is 70.5 cm³/mol. The number of nitrogens with zero attached hydrogens (tertiary/aromatic N) is 1. The van der Waals surface area contributed by atoms with Gasteiger partial charge in [0, 0.05) is 18.3 Å². The molecule has 20 heavy (non-hydrogen) atoms. The van der Waals surface area contributed by atoms with Crippen molar-refractivity contribution in [3.05, 3.63) is 24.3 Å². The number of hydrogen-bond donors (Lipinski definition) is 2. The number of aliphatic hydroxyl groups excluding tert-OH is 1. The molecule has 0 spiro atoms. The van der Waals surface area contributed by atoms with Crippen molar-refractivity contribution >= 4 is 5.69 Å². The molecule has 0 aliphatic heterocycles. The van der Waals surface area contributed by atoms with Gasteiger partial charge in [-0.05, 0) is 18.7 Å². The number of nitrogens with two attached hydrogens (primary N) is 1. The molecule has 0 bridgehead atoms. The lowest BCUT2D eigenvalue weighted by Crippen LogP contribution is -2.40. The number of hydrogen-bond acceptors (Lipinski definition) is 4. The van der Waals surface area contributed by atoms with Crippen LogP contribution in [0.15, 0.2) is 24.3 Å². The molecule has 0 aromatic heterocycles. The highest BCUT2D eigenvalue weighted by Crippen LogP contribution is 2.17. The minimum atomic E-state index is -4.27. The van der Waals surface area contributed by atoms with Crippen molar-refractivity contribution in [1.29, 1.82) is 0 Å². The lowest BCUT2D eigenvalue weighted by Gasteiger charge is -2.24. The topological polar surface area (TPSA) is 58.7 Å². The van der Waals surface area contributed by atoms with E-state index < -0.39 is 18.8 Å². The van der Waals surface area contributed by atoms with Gasteiger partial charge in [-0.2, -0.15) is 13.2 Å². The number of halogens is 3. The van der Waals surface area contributed by atoms with Crippen LogP contribution in [-0.2, 0) is 0 Å². The number of rotatable bonds is 7. The van der Waals surface area contributed by atoms with E-state index in [-0.39, 0.29) is 19.7 Å². The number of alkyl halides is 3. The Hall–Kier alpha value is -1.47. The average Bonchev–Trinajstić information content (AvgIpc) is 2.34. The third-order valence-corrected chi connectivity index (χ3v) is 2.62. The first-order valence-electron chi connectivity index (χ1n) is 6.25. The smallest absolute Gasteiger partial charge is 0.401 e. The van der Waals surface area contributed by atoms with Crippen LogP contribution in [-0.4, -0.2) is 48.5 Å². The van der Waals surface area contributed by atoms with E-state index in [2.05, 4.69) is 0 Å². The monoisotopic (exact) mass is 292 g/mol. The summed E-state index contributed by atoms with van der Waals surface area (Å²) in [6.45, 7) is 0.584. The largest absolute Gasteiger partial charge is 0.491 e. The number of ether oxygens (including phenoxy) is 1. The molecule has 0 amide bonds. The standard InChI is InChI=1S/C13H19F3N2O2/c1-2-18(9-13(14,15)16)7-11(19)8-20-12-5-3-4-10(17)6-12/h3-6,11,19H,2,7-9,17H2,1H3. The van der Waals surface area contributed by atoms with Gasteiger partial charge in [-0.25, -0.2) is 0 Å². The minimum Gasteiger partial charge on any atom is -0.491 e. The van der Waals surface area contributed by atoms with Crippen LogP contribution in [0.3, 0.4) is 0 Å². The maximum absolute atomic E-state index is 12.3. The van der Waals surface area contributed by atoms with Crippen molar-refractivity contribution in [3.63, 3.8) is 0 Å². The van der Waals surface area contributed by atoms with E-state index in [0.717, 1.165) is 4.90 Å². The fourth-order valence-electron chi connectivity index (χ4n) is 1.71. The van der Waals surface area contributed by atoms with Gasteiger partial charge in [-0.3, -0.25) is 4.90 Å². The molecule has 7 heteroatoms. The molecule has 3 N–H and O–H groups in total. The Bertz CT molecular complexity index is 413. The van der Waals surface area contributed by atoms with Gasteiger partial charge < -0.3 is 15.6 Å². The summed E-state index contributed by atoms with van der Waals surface area (Å²) in [4.78, 5) is 1.12. The summed E-state index contributed by atoms with van der Waals surface area (Å²) in [5, 5.41) is 9.71. The lowest BCUT2D eigenvalue weighted by molar-refractivity contribution is -0.148. The molecule has 1 aromatic carbocycles. The Morgan fingerprint density at radius 2 is 2.10 bits per heavy atom. The van der Waals surface area contributed by atoms with Gasteiger partial charge in [0.1, 0.15) is 18.5 Å². The molecule has 1 aromatic rings. The fourth-order valence-corrected chi connectivity index (χ4v) is 1.71. The first-order valence-corrected chi connectivity index (χ1v) is 6.25. The molecule has 0 fully saturated rings. The zero-order valence-corrected chi connectivity index (χ0v) is 11.2. The van der Waals surface area contributed by atoms with Crippen molar-refractivity contribution in [2.45, 2.75) is 19.2 Å². The van der Waals surface area contributed by atoms with Gasteiger partial charge in [0.15, 0.2) is 0 Å². The van der Waals surface area contributed by atoms with E-state index in [9.17, 15) is 18.3 Å². The summed E-state index contributed by atoms with van der Waals surface area (Å²) < 4.78 is 42.1. The van der Waals surface area contributed by atoms with E-state index in [1.807, 2.05) is 0 Å². The molecule has 0 aliphatic rings. The molecule has 0 aliphatic carbocycles. The summed E-state index contributed by atoms with van der Waals surface area (Å²) >= 11 is 0. The third kappa shape index (κ3) is 6.63. The second kappa shape index (κ2) is 7.35. The highest BCUT2D eigenvalue weighted by Gasteiger charge is 2.30. The molecule has 0 saturated carbocycles. The van der Waals surface area contributed by atoms with Gasteiger partial charge >= 0.3 is 6.18 Å². The molecule has 1 atom stereocenters. The van der Waals surface area contributed by atoms with Gasteiger partial charge in [-0.1, -0.05) is 13.0 Å². The minimum absolute atomic E-state index is 0.0855. The molecule has 114 valence electrons. The fraction of sp³-hybridized carbons (Fsp3) is 0.538. The van der Waals surface area contributed by atoms with Crippen molar-refractivity contribution in [1.82, 2.24) is 4.90 Å². The molecule has 0 radical (unpaired) electrons. The number of anilines is 1. The summed E-state index contributed by atoms with van der Waals surface area (Å²) in [6, 6.07) is 6.63. The highest BCUT2D eigenvalue weighted by atomic mass is 19.4. The summed E-state index contributed by atoms with van der Waals surface area (Å²) in [6.07, 6.45) is -5.27. The summed E-state index contributed by atoms with van der Waals surface area (Å²) in [7, 11) is 0. The molecule has 4 nitrogen and oxygen atoms in total. The van der Waals surface area contributed by atoms with Crippen molar-refractivity contribution in [2.24, 2.45) is 0 Å². The molecule has 1 rings (SSSR count). The van der Waals surface area contributed by atoms with Gasteiger partial charge in [0.05, 0.1) is 6.54 Å². The number of benzene rings is 1. The Balaban J connectivity index is 2.40. The molecular weight excluding hydrogens is 273 g/mol. The Morgan fingerprint density at radius 1 is 1.40 bits per heavy atom. The lowest BCUT2D eigenvalue weighted by atomic mass is 10.3. The van der Waals surface area contributed by atoms with E-state index in [1.54, 1.807) is 31.2 Å². The van der Waals surface area contributed by atoms with Crippen molar-refractivity contribution in [2.75, 3.05) is 32.0 Å². The maximum Gasteiger partial charge on any atom is 0.401 e. The van der Waals surface area contributed by atoms with E-state index in [4.69, 9.17) is 10.5 Å². The second-order valence-electron chi connectivity index (χ2n) is 4.48. The van der Waals surface area contributed by atoms with Crippen LogP contribution < -0.4 is 10.5 Å². The first kappa shape index (κ1) is 16.6. The van der Waals surface area contributed by atoms with Crippen LogP contribution in [0.25, 0.3) is 0 Å². The average molecular weight is 292 g/mol. The Morgan fingerprint density at radius 3 is 2.65 bits per heavy atom. The normalized spacial score (nSPS) is 13.5. The van der Waals surface area contributed by atoms with Crippen LogP contribution in [0.4, 0.5) is 18.9 Å². The number of aliphatic hydroxyl groups is 1. The summed E-state index contributed by atoms with van der Waals surface area (Å²) in [5.41, 5.74) is 6.08. The quantitative estimate of drug-likeness (QED) is 0.754. The van der Waals surface area contributed by atoms with Gasteiger partial charge in [-0.15, -0.1) is 0 Å². The third-order valence-electron chi connectivity index (χ3n) is 2.62. The van der Waals surface area contributed by atoms with Crippen LogP contribution in [0.2, 0.25) is 0 Å². The van der Waals surface area contributed by atoms with E-state index in [1.165, 1.54) is 0 Å². The molecule has 1 unspecified atom stereocenters. The van der Waals surface area contributed by atoms with Crippen LogP contribution in [0.5, 0.6) is 5.75 Å². The van der Waals surface area contributed by atoms with Gasteiger partial charge in [0.2, 0.25) is 0 Å². The highest BCUT2D eigenvalue weighted by molar-refractivity contribution is 5.43. The number of nitrogen functional groups attached to an aromatic ring is 1. The van der Waals surface area contributed by atoms with E-state index in [0.29, 0.717) is 11.4 Å². The van der Waals surface area contributed by atoms with Crippen molar-refractivity contribution in [3.8, 4) is 5.75 Å². The van der Waals surface area contributed by atoms with Gasteiger partial charge in [0.25, 0.3) is 0 Å². The van der Waals surface area contributed by atoms with Crippen LogP contribution in [0.1, 0.15) is 6.92 Å². The molecule has 0 heterocycles. The Kier molecular flexibility index (Phi) is 6.09. The second-order valence-corrected chi connectivity index (χ2v) is 4.48.